The number of ether oxygens (including phenoxy) is 1. The molecule has 0 spiro atoms. The number of hydrogen-bond donors (Lipinski definition) is 1. The number of aromatic nitrogens is 2. The molecule has 6 heteroatoms. The zero-order valence-corrected chi connectivity index (χ0v) is 12.1. The van der Waals surface area contributed by atoms with E-state index in [1.54, 1.807) is 32.0 Å². The molecule has 0 fully saturated rings. The minimum absolute atomic E-state index is 0.125. The number of nitrogens with one attached hydrogen (secondary N) is 1. The van der Waals surface area contributed by atoms with E-state index in [9.17, 15) is 14.4 Å². The van der Waals surface area contributed by atoms with E-state index in [4.69, 9.17) is 4.74 Å². The average Bonchev–Trinajstić information content (AvgIpc) is 2.50. The smallest absolute Gasteiger partial charge is 0.268 e. The summed E-state index contributed by atoms with van der Waals surface area (Å²) in [6, 6.07) is 4.91. The third-order valence-corrected chi connectivity index (χ3v) is 3.47. The molecular formula is C15H16N2O4. The van der Waals surface area contributed by atoms with Crippen molar-refractivity contribution in [1.29, 1.82) is 0 Å². The summed E-state index contributed by atoms with van der Waals surface area (Å²) in [6.45, 7) is 3.34. The Morgan fingerprint density at radius 2 is 1.95 bits per heavy atom. The predicted octanol–water partition coefficient (Wildman–Crippen LogP) is 1.02. The van der Waals surface area contributed by atoms with Crippen molar-refractivity contribution in [3.05, 3.63) is 61.2 Å². The fraction of sp³-hybridized carbons (Fsp3) is 0.267. The molecule has 1 aromatic carbocycles. The van der Waals surface area contributed by atoms with E-state index in [-0.39, 0.29) is 17.7 Å². The van der Waals surface area contributed by atoms with Crippen LogP contribution in [0.25, 0.3) is 0 Å². The van der Waals surface area contributed by atoms with E-state index in [1.165, 1.54) is 11.8 Å². The Morgan fingerprint density at radius 1 is 1.24 bits per heavy atom. The Bertz CT molecular complexity index is 802. The highest BCUT2D eigenvalue weighted by Crippen LogP contribution is 2.19. The van der Waals surface area contributed by atoms with Crippen LogP contribution in [0.4, 0.5) is 0 Å². The molecule has 21 heavy (non-hydrogen) atoms. The fourth-order valence-electron chi connectivity index (χ4n) is 2.07. The molecule has 0 aliphatic heterocycles. The van der Waals surface area contributed by atoms with Crippen molar-refractivity contribution in [2.75, 3.05) is 7.11 Å². The number of H-pyrrole nitrogens is 1. The quantitative estimate of drug-likeness (QED) is 0.852. The molecule has 1 aromatic heterocycles. The summed E-state index contributed by atoms with van der Waals surface area (Å²) in [7, 11) is 1.51. The first kappa shape index (κ1) is 14.8. The highest BCUT2D eigenvalue weighted by molar-refractivity contribution is 5.75. The SMILES string of the molecule is COc1ccc(C=O)cc1Cn1[nH]c(=O)c(C)c(C)c1=O. The molecule has 0 aliphatic rings. The van der Waals surface area contributed by atoms with Gasteiger partial charge in [0.2, 0.25) is 0 Å². The molecule has 0 atom stereocenters. The minimum Gasteiger partial charge on any atom is -0.496 e. The van der Waals surface area contributed by atoms with Crippen LogP contribution in [0.3, 0.4) is 0 Å². The standard InChI is InChI=1S/C15H16N2O4/c1-9-10(2)15(20)17(16-14(9)19)7-12-6-11(8-18)4-5-13(12)21-3/h4-6,8H,7H2,1-3H3,(H,16,19). The molecule has 2 rings (SSSR count). The lowest BCUT2D eigenvalue weighted by molar-refractivity contribution is 0.112. The number of rotatable bonds is 4. The van der Waals surface area contributed by atoms with Gasteiger partial charge in [0.15, 0.2) is 0 Å². The Hall–Kier alpha value is -2.63. The van der Waals surface area contributed by atoms with Gasteiger partial charge in [-0.1, -0.05) is 0 Å². The number of carbonyl (C=O) groups excluding carboxylic acids is 1. The number of carbonyl (C=O) groups is 1. The van der Waals surface area contributed by atoms with Crippen LogP contribution in [0.2, 0.25) is 0 Å². The largest absolute Gasteiger partial charge is 0.496 e. The van der Waals surface area contributed by atoms with Gasteiger partial charge in [-0.15, -0.1) is 0 Å². The van der Waals surface area contributed by atoms with Crippen molar-refractivity contribution in [1.82, 2.24) is 9.78 Å². The lowest BCUT2D eigenvalue weighted by Gasteiger charge is -2.12. The van der Waals surface area contributed by atoms with E-state index in [2.05, 4.69) is 5.10 Å². The van der Waals surface area contributed by atoms with Gasteiger partial charge in [-0.2, -0.15) is 0 Å². The van der Waals surface area contributed by atoms with E-state index < -0.39 is 0 Å². The maximum atomic E-state index is 12.2. The van der Waals surface area contributed by atoms with Crippen LogP contribution in [0.1, 0.15) is 27.0 Å². The second-order valence-corrected chi connectivity index (χ2v) is 4.77. The summed E-state index contributed by atoms with van der Waals surface area (Å²) in [5.74, 6) is 0.548. The third kappa shape index (κ3) is 2.79. The normalized spacial score (nSPS) is 10.4. The predicted molar refractivity (Wildman–Crippen MR) is 78.3 cm³/mol. The van der Waals surface area contributed by atoms with E-state index >= 15 is 0 Å². The number of benzene rings is 1. The number of methoxy groups -OCH3 is 1. The third-order valence-electron chi connectivity index (χ3n) is 3.47. The van der Waals surface area contributed by atoms with Crippen LogP contribution < -0.4 is 15.9 Å². The molecule has 1 heterocycles. The number of nitrogens with zero attached hydrogens (tertiary/aromatic N) is 1. The number of hydrogen-bond acceptors (Lipinski definition) is 4. The van der Waals surface area contributed by atoms with Crippen LogP contribution in [0.5, 0.6) is 5.75 Å². The molecule has 6 nitrogen and oxygen atoms in total. The molecule has 0 saturated heterocycles. The van der Waals surface area contributed by atoms with E-state index in [0.29, 0.717) is 28.0 Å². The van der Waals surface area contributed by atoms with Gasteiger partial charge < -0.3 is 4.74 Å². The average molecular weight is 288 g/mol. The first-order valence-corrected chi connectivity index (χ1v) is 6.40. The van der Waals surface area contributed by atoms with Crippen molar-refractivity contribution in [3.8, 4) is 5.75 Å². The Morgan fingerprint density at radius 3 is 2.57 bits per heavy atom. The van der Waals surface area contributed by atoms with Gasteiger partial charge in [-0.3, -0.25) is 19.5 Å². The van der Waals surface area contributed by atoms with Crippen molar-refractivity contribution >= 4 is 6.29 Å². The lowest BCUT2D eigenvalue weighted by atomic mass is 10.1. The highest BCUT2D eigenvalue weighted by Gasteiger charge is 2.10. The Balaban J connectivity index is 2.55. The van der Waals surface area contributed by atoms with Gasteiger partial charge in [0.25, 0.3) is 11.1 Å². The van der Waals surface area contributed by atoms with Gasteiger partial charge in [-0.05, 0) is 32.0 Å². The molecule has 2 aromatic rings. The summed E-state index contributed by atoms with van der Waals surface area (Å²) in [6.07, 6.45) is 0.717. The van der Waals surface area contributed by atoms with Crippen LogP contribution in [0, 0.1) is 13.8 Å². The number of aldehydes is 1. The second-order valence-electron chi connectivity index (χ2n) is 4.77. The molecule has 0 unspecified atom stereocenters. The van der Waals surface area contributed by atoms with Crippen molar-refractivity contribution < 1.29 is 9.53 Å². The molecule has 0 amide bonds. The van der Waals surface area contributed by atoms with Gasteiger partial charge in [0, 0.05) is 22.3 Å². The summed E-state index contributed by atoms with van der Waals surface area (Å²) in [4.78, 5) is 34.8. The maximum Gasteiger partial charge on any atom is 0.268 e. The molecular weight excluding hydrogens is 272 g/mol. The molecule has 110 valence electrons. The van der Waals surface area contributed by atoms with Crippen molar-refractivity contribution in [3.63, 3.8) is 0 Å². The first-order chi connectivity index (χ1) is 9.97. The van der Waals surface area contributed by atoms with Crippen molar-refractivity contribution in [2.24, 2.45) is 0 Å². The molecule has 1 N–H and O–H groups in total. The summed E-state index contributed by atoms with van der Waals surface area (Å²) in [5.41, 5.74) is 1.35. The molecule has 0 saturated carbocycles. The number of aromatic amines is 1. The molecule has 0 radical (unpaired) electrons. The zero-order valence-electron chi connectivity index (χ0n) is 12.1. The van der Waals surface area contributed by atoms with E-state index in [1.807, 2.05) is 0 Å². The second kappa shape index (κ2) is 5.78. The molecule has 0 bridgehead atoms. The van der Waals surface area contributed by atoms with Gasteiger partial charge >= 0.3 is 0 Å². The topological polar surface area (TPSA) is 81.2 Å². The van der Waals surface area contributed by atoms with Crippen LogP contribution in [0.15, 0.2) is 27.8 Å². The summed E-state index contributed by atoms with van der Waals surface area (Å²) < 4.78 is 6.44. The van der Waals surface area contributed by atoms with Crippen LogP contribution >= 0.6 is 0 Å². The van der Waals surface area contributed by atoms with Crippen LogP contribution in [-0.4, -0.2) is 23.2 Å². The zero-order chi connectivity index (χ0) is 15.6. The van der Waals surface area contributed by atoms with Crippen LogP contribution in [-0.2, 0) is 6.54 Å². The lowest BCUT2D eigenvalue weighted by Crippen LogP contribution is -2.33. The monoisotopic (exact) mass is 288 g/mol. The maximum absolute atomic E-state index is 12.2. The van der Waals surface area contributed by atoms with Gasteiger partial charge in [0.05, 0.1) is 13.7 Å². The van der Waals surface area contributed by atoms with Crippen molar-refractivity contribution in [2.45, 2.75) is 20.4 Å². The van der Waals surface area contributed by atoms with Gasteiger partial charge in [0.1, 0.15) is 12.0 Å². The Labute approximate surface area is 121 Å². The fourth-order valence-corrected chi connectivity index (χ4v) is 2.07. The first-order valence-electron chi connectivity index (χ1n) is 6.40. The van der Waals surface area contributed by atoms with Gasteiger partial charge in [-0.25, -0.2) is 4.68 Å². The molecule has 0 aliphatic carbocycles. The Kier molecular flexibility index (Phi) is 4.07. The highest BCUT2D eigenvalue weighted by atomic mass is 16.5. The summed E-state index contributed by atoms with van der Waals surface area (Å²) in [5, 5.41) is 2.53. The minimum atomic E-state index is -0.308. The van der Waals surface area contributed by atoms with E-state index in [0.717, 1.165) is 6.29 Å². The summed E-state index contributed by atoms with van der Waals surface area (Å²) >= 11 is 0.